The first-order chi connectivity index (χ1) is 7.56. The first-order valence-corrected chi connectivity index (χ1v) is 6.15. The van der Waals surface area contributed by atoms with Crippen molar-refractivity contribution in [1.29, 1.82) is 0 Å². The Bertz CT molecular complexity index is 184. The number of rotatable bonds is 9. The van der Waals surface area contributed by atoms with Crippen LogP contribution in [0.1, 0.15) is 39.5 Å². The predicted octanol–water partition coefficient (Wildman–Crippen LogP) is 0.995. The van der Waals surface area contributed by atoms with Crippen molar-refractivity contribution in [3.63, 3.8) is 0 Å². The molecule has 0 spiro atoms. The average Bonchev–Trinajstić information content (AvgIpc) is 2.20. The molecule has 0 atom stereocenters. The summed E-state index contributed by atoms with van der Waals surface area (Å²) in [7, 11) is 2.03. The molecule has 0 aromatic carbocycles. The summed E-state index contributed by atoms with van der Waals surface area (Å²) in [4.78, 5) is 13.5. The molecule has 1 amide bonds. The summed E-state index contributed by atoms with van der Waals surface area (Å²) in [6.07, 6.45) is 3.58. The maximum Gasteiger partial charge on any atom is 0.221 e. The van der Waals surface area contributed by atoms with Crippen LogP contribution in [0.4, 0.5) is 0 Å². The lowest BCUT2D eigenvalue weighted by atomic mass is 10.2. The molecular formula is C12H26N2O2. The molecule has 0 bridgehead atoms. The van der Waals surface area contributed by atoms with Crippen LogP contribution in [0.2, 0.25) is 0 Å². The van der Waals surface area contributed by atoms with Crippen LogP contribution >= 0.6 is 0 Å². The molecule has 2 N–H and O–H groups in total. The molecule has 0 aliphatic rings. The highest BCUT2D eigenvalue weighted by atomic mass is 16.2. The summed E-state index contributed by atoms with van der Waals surface area (Å²) in [5, 5.41) is 11.5. The molecule has 4 nitrogen and oxygen atoms in total. The van der Waals surface area contributed by atoms with Crippen molar-refractivity contribution >= 4 is 5.91 Å². The molecule has 0 aromatic rings. The Morgan fingerprint density at radius 3 is 2.50 bits per heavy atom. The van der Waals surface area contributed by atoms with Gasteiger partial charge in [-0.1, -0.05) is 0 Å². The quantitative estimate of drug-likeness (QED) is 0.581. The van der Waals surface area contributed by atoms with Crippen LogP contribution in [-0.4, -0.2) is 48.7 Å². The molecule has 0 saturated carbocycles. The van der Waals surface area contributed by atoms with E-state index in [-0.39, 0.29) is 18.6 Å². The van der Waals surface area contributed by atoms with Gasteiger partial charge >= 0.3 is 0 Å². The second-order valence-electron chi connectivity index (χ2n) is 4.56. The number of hydrogen-bond acceptors (Lipinski definition) is 3. The molecule has 0 unspecified atom stereocenters. The lowest BCUT2D eigenvalue weighted by molar-refractivity contribution is -0.121. The van der Waals surface area contributed by atoms with Crippen molar-refractivity contribution in [3.05, 3.63) is 0 Å². The molecule has 0 saturated heterocycles. The Kier molecular flexibility index (Phi) is 9.24. The highest BCUT2D eigenvalue weighted by Crippen LogP contribution is 1.97. The molecule has 0 heterocycles. The third-order valence-corrected chi connectivity index (χ3v) is 2.37. The fourth-order valence-electron chi connectivity index (χ4n) is 1.47. The number of nitrogens with one attached hydrogen (secondary N) is 1. The molecule has 0 aliphatic carbocycles. The van der Waals surface area contributed by atoms with Crippen LogP contribution in [0.3, 0.4) is 0 Å². The third kappa shape index (κ3) is 9.93. The Morgan fingerprint density at radius 2 is 1.94 bits per heavy atom. The van der Waals surface area contributed by atoms with E-state index in [1.807, 2.05) is 20.9 Å². The smallest absolute Gasteiger partial charge is 0.221 e. The Morgan fingerprint density at radius 1 is 1.25 bits per heavy atom. The predicted molar refractivity (Wildman–Crippen MR) is 66.3 cm³/mol. The van der Waals surface area contributed by atoms with Gasteiger partial charge < -0.3 is 15.3 Å². The summed E-state index contributed by atoms with van der Waals surface area (Å²) in [5.41, 5.74) is 0. The fraction of sp³-hybridized carbons (Fsp3) is 0.917. The van der Waals surface area contributed by atoms with E-state index < -0.39 is 0 Å². The molecular weight excluding hydrogens is 204 g/mol. The number of amides is 1. The van der Waals surface area contributed by atoms with Crippen molar-refractivity contribution in [2.24, 2.45) is 0 Å². The standard InChI is InChI=1S/C12H26N2O2/c1-11(2)13-12(16)7-9-14(3)8-5-4-6-10-15/h11,15H,4-10H2,1-3H3,(H,13,16). The van der Waals surface area contributed by atoms with E-state index in [9.17, 15) is 4.79 Å². The van der Waals surface area contributed by atoms with Gasteiger partial charge in [-0.05, 0) is 46.7 Å². The zero-order chi connectivity index (χ0) is 12.4. The van der Waals surface area contributed by atoms with Crippen LogP contribution in [0.25, 0.3) is 0 Å². The van der Waals surface area contributed by atoms with E-state index >= 15 is 0 Å². The topological polar surface area (TPSA) is 52.6 Å². The SMILES string of the molecule is CC(C)NC(=O)CCN(C)CCCCCO. The van der Waals surface area contributed by atoms with Gasteiger partial charge in [-0.15, -0.1) is 0 Å². The van der Waals surface area contributed by atoms with E-state index in [1.165, 1.54) is 0 Å². The number of aliphatic hydroxyl groups excluding tert-OH is 1. The summed E-state index contributed by atoms with van der Waals surface area (Å²) >= 11 is 0. The average molecular weight is 230 g/mol. The van der Waals surface area contributed by atoms with Gasteiger partial charge in [-0.3, -0.25) is 4.79 Å². The van der Waals surface area contributed by atoms with Crippen LogP contribution in [-0.2, 0) is 4.79 Å². The lowest BCUT2D eigenvalue weighted by Gasteiger charge is -2.16. The molecule has 0 rings (SSSR count). The first-order valence-electron chi connectivity index (χ1n) is 6.15. The third-order valence-electron chi connectivity index (χ3n) is 2.37. The van der Waals surface area contributed by atoms with Crippen LogP contribution in [0, 0.1) is 0 Å². The molecule has 16 heavy (non-hydrogen) atoms. The van der Waals surface area contributed by atoms with Gasteiger partial charge in [0.1, 0.15) is 0 Å². The fourth-order valence-corrected chi connectivity index (χ4v) is 1.47. The largest absolute Gasteiger partial charge is 0.396 e. The van der Waals surface area contributed by atoms with Crippen molar-refractivity contribution in [1.82, 2.24) is 10.2 Å². The van der Waals surface area contributed by atoms with Gasteiger partial charge in [0.15, 0.2) is 0 Å². The second kappa shape index (κ2) is 9.60. The van der Waals surface area contributed by atoms with Crippen molar-refractivity contribution in [2.75, 3.05) is 26.7 Å². The molecule has 0 aliphatic heterocycles. The second-order valence-corrected chi connectivity index (χ2v) is 4.56. The number of carbonyl (C=O) groups is 1. The minimum absolute atomic E-state index is 0.122. The normalized spacial score (nSPS) is 11.1. The van der Waals surface area contributed by atoms with Gasteiger partial charge in [-0.25, -0.2) is 0 Å². The van der Waals surface area contributed by atoms with Gasteiger partial charge in [0.25, 0.3) is 0 Å². The minimum Gasteiger partial charge on any atom is -0.396 e. The van der Waals surface area contributed by atoms with E-state index in [2.05, 4.69) is 10.2 Å². The number of nitrogens with zero attached hydrogens (tertiary/aromatic N) is 1. The summed E-state index contributed by atoms with van der Waals surface area (Å²) in [6, 6.07) is 0.224. The monoisotopic (exact) mass is 230 g/mol. The van der Waals surface area contributed by atoms with Crippen LogP contribution in [0.15, 0.2) is 0 Å². The summed E-state index contributed by atoms with van der Waals surface area (Å²) < 4.78 is 0. The van der Waals surface area contributed by atoms with Gasteiger partial charge in [0.2, 0.25) is 5.91 Å². The lowest BCUT2D eigenvalue weighted by Crippen LogP contribution is -2.33. The van der Waals surface area contributed by atoms with E-state index in [4.69, 9.17) is 5.11 Å². The maximum atomic E-state index is 11.4. The molecule has 0 fully saturated rings. The number of hydrogen-bond donors (Lipinski definition) is 2. The maximum absolute atomic E-state index is 11.4. The highest BCUT2D eigenvalue weighted by Gasteiger charge is 2.05. The summed E-state index contributed by atoms with van der Waals surface area (Å²) in [6.45, 7) is 6.01. The molecule has 0 aromatic heterocycles. The van der Waals surface area contributed by atoms with E-state index in [1.54, 1.807) is 0 Å². The Balaban J connectivity index is 3.42. The molecule has 4 heteroatoms. The van der Waals surface area contributed by atoms with Crippen molar-refractivity contribution in [3.8, 4) is 0 Å². The highest BCUT2D eigenvalue weighted by molar-refractivity contribution is 5.76. The molecule has 0 radical (unpaired) electrons. The van der Waals surface area contributed by atoms with Gasteiger partial charge in [0.05, 0.1) is 0 Å². The number of aliphatic hydroxyl groups is 1. The minimum atomic E-state index is 0.122. The van der Waals surface area contributed by atoms with Crippen molar-refractivity contribution < 1.29 is 9.90 Å². The molecule has 96 valence electrons. The number of carbonyl (C=O) groups excluding carboxylic acids is 1. The van der Waals surface area contributed by atoms with E-state index in [0.717, 1.165) is 32.4 Å². The zero-order valence-electron chi connectivity index (χ0n) is 10.8. The van der Waals surface area contributed by atoms with Crippen LogP contribution in [0.5, 0.6) is 0 Å². The van der Waals surface area contributed by atoms with E-state index in [0.29, 0.717) is 6.42 Å². The first kappa shape index (κ1) is 15.4. The Labute approximate surface area is 99.0 Å². The van der Waals surface area contributed by atoms with Gasteiger partial charge in [-0.2, -0.15) is 0 Å². The number of unbranched alkanes of at least 4 members (excludes halogenated alkanes) is 2. The Hall–Kier alpha value is -0.610. The van der Waals surface area contributed by atoms with Gasteiger partial charge in [0, 0.05) is 25.6 Å². The van der Waals surface area contributed by atoms with Crippen LogP contribution < -0.4 is 5.32 Å². The van der Waals surface area contributed by atoms with Crippen molar-refractivity contribution in [2.45, 2.75) is 45.6 Å². The zero-order valence-corrected chi connectivity index (χ0v) is 10.8. The summed E-state index contributed by atoms with van der Waals surface area (Å²) in [5.74, 6) is 0.122.